The zero-order valence-corrected chi connectivity index (χ0v) is 13.3. The molecule has 0 saturated heterocycles. The lowest BCUT2D eigenvalue weighted by Gasteiger charge is -2.20. The molecule has 118 valence electrons. The third-order valence-electron chi connectivity index (χ3n) is 3.46. The van der Waals surface area contributed by atoms with Gasteiger partial charge in [0.15, 0.2) is 0 Å². The lowest BCUT2D eigenvalue weighted by molar-refractivity contribution is -0.150. The van der Waals surface area contributed by atoms with Gasteiger partial charge in [0.25, 0.3) is 0 Å². The summed E-state index contributed by atoms with van der Waals surface area (Å²) < 4.78 is 5.36. The first-order valence-corrected chi connectivity index (χ1v) is 7.83. The Kier molecular flexibility index (Phi) is 6.01. The van der Waals surface area contributed by atoms with Gasteiger partial charge in [-0.3, -0.25) is 4.79 Å². The van der Waals surface area contributed by atoms with Gasteiger partial charge in [-0.15, -0.1) is 0 Å². The summed E-state index contributed by atoms with van der Waals surface area (Å²) in [7, 11) is 0. The number of hydrogen-bond acceptors (Lipinski definition) is 3. The molecule has 1 aliphatic rings. The van der Waals surface area contributed by atoms with Crippen LogP contribution in [0.15, 0.2) is 36.4 Å². The van der Waals surface area contributed by atoms with E-state index in [4.69, 9.17) is 16.3 Å². The van der Waals surface area contributed by atoms with Gasteiger partial charge in [-0.2, -0.15) is 0 Å². The van der Waals surface area contributed by atoms with Crippen molar-refractivity contribution in [1.29, 1.82) is 0 Å². The van der Waals surface area contributed by atoms with Gasteiger partial charge < -0.3 is 10.1 Å². The molecule has 5 heteroatoms. The molecule has 1 aromatic carbocycles. The summed E-state index contributed by atoms with van der Waals surface area (Å²) in [5, 5.41) is 3.24. The molecule has 0 bridgehead atoms. The van der Waals surface area contributed by atoms with Crippen LogP contribution in [0.2, 0.25) is 5.02 Å². The molecular formula is C17H20ClNO3. The molecule has 1 aliphatic carbocycles. The van der Waals surface area contributed by atoms with Crippen molar-refractivity contribution in [3.05, 3.63) is 47.0 Å². The largest absolute Gasteiger partial charge is 0.457 e. The monoisotopic (exact) mass is 321 g/mol. The maximum absolute atomic E-state index is 12.0. The number of esters is 1. The predicted octanol–water partition coefficient (Wildman–Crippen LogP) is 3.04. The van der Waals surface area contributed by atoms with Crippen molar-refractivity contribution in [1.82, 2.24) is 5.32 Å². The Balaban J connectivity index is 1.81. The van der Waals surface area contributed by atoms with Crippen LogP contribution < -0.4 is 5.32 Å². The van der Waals surface area contributed by atoms with Crippen molar-refractivity contribution < 1.29 is 14.3 Å². The van der Waals surface area contributed by atoms with Gasteiger partial charge in [-0.05, 0) is 50.0 Å². The van der Waals surface area contributed by atoms with Crippen molar-refractivity contribution in [2.45, 2.75) is 44.8 Å². The van der Waals surface area contributed by atoms with Crippen LogP contribution in [0.3, 0.4) is 0 Å². The number of carbonyl (C=O) groups is 2. The van der Waals surface area contributed by atoms with E-state index in [2.05, 4.69) is 5.32 Å². The molecule has 2 unspecified atom stereocenters. The van der Waals surface area contributed by atoms with Crippen LogP contribution in [0.1, 0.15) is 31.7 Å². The van der Waals surface area contributed by atoms with Crippen LogP contribution in [-0.2, 0) is 20.7 Å². The summed E-state index contributed by atoms with van der Waals surface area (Å²) in [4.78, 5) is 23.9. The van der Waals surface area contributed by atoms with Gasteiger partial charge >= 0.3 is 5.97 Å². The minimum Gasteiger partial charge on any atom is -0.457 e. The van der Waals surface area contributed by atoms with Gasteiger partial charge in [0.2, 0.25) is 5.91 Å². The maximum atomic E-state index is 12.0. The topological polar surface area (TPSA) is 55.4 Å². The Labute approximate surface area is 135 Å². The average Bonchev–Trinajstić information content (AvgIpc) is 2.48. The highest BCUT2D eigenvalue weighted by Crippen LogP contribution is 2.14. The Hall–Kier alpha value is -1.81. The molecule has 1 aromatic rings. The second-order valence-corrected chi connectivity index (χ2v) is 5.87. The van der Waals surface area contributed by atoms with Gasteiger partial charge in [-0.1, -0.05) is 29.8 Å². The number of carbonyl (C=O) groups excluding carboxylic acids is 2. The van der Waals surface area contributed by atoms with E-state index >= 15 is 0 Å². The van der Waals surface area contributed by atoms with E-state index in [-0.39, 0.29) is 18.4 Å². The number of hydrogen-bond donors (Lipinski definition) is 1. The first-order valence-electron chi connectivity index (χ1n) is 7.45. The molecule has 0 fully saturated rings. The first-order chi connectivity index (χ1) is 10.5. The summed E-state index contributed by atoms with van der Waals surface area (Å²) in [6.45, 7) is 1.63. The third kappa shape index (κ3) is 5.19. The summed E-state index contributed by atoms with van der Waals surface area (Å²) in [5.41, 5.74) is 0.806. The van der Waals surface area contributed by atoms with E-state index in [9.17, 15) is 9.59 Å². The van der Waals surface area contributed by atoms with Gasteiger partial charge in [0, 0.05) is 5.02 Å². The first kappa shape index (κ1) is 16.6. The second-order valence-electron chi connectivity index (χ2n) is 5.43. The van der Waals surface area contributed by atoms with Gasteiger partial charge in [-0.25, -0.2) is 4.79 Å². The van der Waals surface area contributed by atoms with Crippen LogP contribution in [0.25, 0.3) is 0 Å². The SMILES string of the molecule is CC(NC(=O)Cc1cccc(Cl)c1)C(=O)OC1C=CCCC1. The molecule has 0 aliphatic heterocycles. The van der Waals surface area contributed by atoms with Crippen molar-refractivity contribution >= 4 is 23.5 Å². The second kappa shape index (κ2) is 7.99. The molecule has 22 heavy (non-hydrogen) atoms. The van der Waals surface area contributed by atoms with Crippen LogP contribution in [-0.4, -0.2) is 24.0 Å². The zero-order chi connectivity index (χ0) is 15.9. The van der Waals surface area contributed by atoms with E-state index in [1.807, 2.05) is 18.2 Å². The Morgan fingerprint density at radius 2 is 2.27 bits per heavy atom. The fraction of sp³-hybridized carbons (Fsp3) is 0.412. The molecular weight excluding hydrogens is 302 g/mol. The van der Waals surface area contributed by atoms with Crippen molar-refractivity contribution in [2.24, 2.45) is 0 Å². The van der Waals surface area contributed by atoms with E-state index in [1.54, 1.807) is 25.1 Å². The van der Waals surface area contributed by atoms with E-state index in [0.29, 0.717) is 5.02 Å². The number of ether oxygens (including phenoxy) is 1. The number of rotatable bonds is 5. The molecule has 0 radical (unpaired) electrons. The summed E-state index contributed by atoms with van der Waals surface area (Å²) >= 11 is 5.88. The Bertz CT molecular complexity index is 571. The van der Waals surface area contributed by atoms with E-state index in [0.717, 1.165) is 24.8 Å². The van der Waals surface area contributed by atoms with Gasteiger partial charge in [0.1, 0.15) is 12.1 Å². The Morgan fingerprint density at radius 1 is 1.45 bits per heavy atom. The fourth-order valence-corrected chi connectivity index (χ4v) is 2.53. The van der Waals surface area contributed by atoms with Crippen LogP contribution in [0.5, 0.6) is 0 Å². The molecule has 1 amide bonds. The normalized spacial score (nSPS) is 18.5. The number of halogens is 1. The predicted molar refractivity (Wildman–Crippen MR) is 85.6 cm³/mol. The number of nitrogens with one attached hydrogen (secondary N) is 1. The lowest BCUT2D eigenvalue weighted by Crippen LogP contribution is -2.41. The van der Waals surface area contributed by atoms with Crippen molar-refractivity contribution in [3.8, 4) is 0 Å². The van der Waals surface area contributed by atoms with Crippen LogP contribution in [0.4, 0.5) is 0 Å². The lowest BCUT2D eigenvalue weighted by atomic mass is 10.1. The highest BCUT2D eigenvalue weighted by molar-refractivity contribution is 6.30. The molecule has 0 aromatic heterocycles. The van der Waals surface area contributed by atoms with Crippen LogP contribution >= 0.6 is 11.6 Å². The summed E-state index contributed by atoms with van der Waals surface area (Å²) in [6.07, 6.45) is 6.82. The zero-order valence-electron chi connectivity index (χ0n) is 12.5. The number of allylic oxidation sites excluding steroid dienone is 1. The van der Waals surface area contributed by atoms with Crippen molar-refractivity contribution in [3.63, 3.8) is 0 Å². The summed E-state index contributed by atoms with van der Waals surface area (Å²) in [5.74, 6) is -0.637. The van der Waals surface area contributed by atoms with E-state index in [1.165, 1.54) is 0 Å². The molecule has 0 heterocycles. The molecule has 4 nitrogen and oxygen atoms in total. The standard InChI is InChI=1S/C17H20ClNO3/c1-12(17(21)22-15-8-3-2-4-9-15)19-16(20)11-13-6-5-7-14(18)10-13/h3,5-8,10,12,15H,2,4,9,11H2,1H3,(H,19,20). The smallest absolute Gasteiger partial charge is 0.328 e. The highest BCUT2D eigenvalue weighted by Gasteiger charge is 2.21. The minimum atomic E-state index is -0.665. The quantitative estimate of drug-likeness (QED) is 0.670. The van der Waals surface area contributed by atoms with Gasteiger partial charge in [0.05, 0.1) is 6.42 Å². The number of benzene rings is 1. The third-order valence-corrected chi connectivity index (χ3v) is 3.70. The molecule has 2 rings (SSSR count). The number of amides is 1. The Morgan fingerprint density at radius 3 is 2.95 bits per heavy atom. The highest BCUT2D eigenvalue weighted by atomic mass is 35.5. The maximum Gasteiger partial charge on any atom is 0.328 e. The van der Waals surface area contributed by atoms with Crippen molar-refractivity contribution in [2.75, 3.05) is 0 Å². The fourth-order valence-electron chi connectivity index (χ4n) is 2.31. The molecule has 0 saturated carbocycles. The molecule has 0 spiro atoms. The van der Waals surface area contributed by atoms with Crippen LogP contribution in [0, 0.1) is 0 Å². The average molecular weight is 322 g/mol. The summed E-state index contributed by atoms with van der Waals surface area (Å²) in [6, 6.07) is 6.43. The molecule has 2 atom stereocenters. The van der Waals surface area contributed by atoms with E-state index < -0.39 is 12.0 Å². The molecule has 1 N–H and O–H groups in total. The minimum absolute atomic E-state index is 0.173.